The van der Waals surface area contributed by atoms with Crippen molar-refractivity contribution in [1.29, 1.82) is 0 Å². The van der Waals surface area contributed by atoms with Crippen LogP contribution in [-0.4, -0.2) is 5.84 Å². The van der Waals surface area contributed by atoms with Gasteiger partial charge >= 0.3 is 0 Å². The summed E-state index contributed by atoms with van der Waals surface area (Å²) in [7, 11) is 0. The lowest BCUT2D eigenvalue weighted by atomic mass is 9.99. The van der Waals surface area contributed by atoms with Gasteiger partial charge in [-0.3, -0.25) is 5.32 Å². The first-order valence-corrected chi connectivity index (χ1v) is 18.0. The lowest BCUT2D eigenvalue weighted by molar-refractivity contribution is 0.409. The number of rotatable bonds is 4. The number of amidine groups is 1. The third-order valence-electron chi connectivity index (χ3n) is 10.2. The molecular weight excluding hydrogens is 647 g/mol. The van der Waals surface area contributed by atoms with Crippen LogP contribution < -0.4 is 10.6 Å². The van der Waals surface area contributed by atoms with Crippen molar-refractivity contribution in [3.8, 4) is 11.1 Å². The Bertz CT molecular complexity index is 3010. The highest BCUT2D eigenvalue weighted by atomic mass is 32.1. The van der Waals surface area contributed by atoms with E-state index in [1.807, 2.05) is 23.5 Å². The van der Waals surface area contributed by atoms with Gasteiger partial charge in [0, 0.05) is 52.8 Å². The Balaban J connectivity index is 1.03. The summed E-state index contributed by atoms with van der Waals surface area (Å²) >= 11 is 1.83. The van der Waals surface area contributed by atoms with Crippen molar-refractivity contribution in [2.24, 2.45) is 4.99 Å². The zero-order chi connectivity index (χ0) is 33.5. The van der Waals surface area contributed by atoms with Crippen molar-refractivity contribution in [3.63, 3.8) is 0 Å². The number of nitrogens with one attached hydrogen (secondary N) is 2. The smallest absolute Gasteiger partial charge is 0.143 e. The van der Waals surface area contributed by atoms with Crippen LogP contribution >= 0.6 is 11.3 Å². The van der Waals surface area contributed by atoms with E-state index >= 15 is 0 Å². The summed E-state index contributed by atoms with van der Waals surface area (Å²) < 4.78 is 15.3. The summed E-state index contributed by atoms with van der Waals surface area (Å²) in [4.78, 5) is 5.31. The highest BCUT2D eigenvalue weighted by molar-refractivity contribution is 7.25. The highest BCUT2D eigenvalue weighted by Gasteiger charge is 2.26. The van der Waals surface area contributed by atoms with Crippen LogP contribution in [0.4, 0.5) is 0 Å². The Hall–Kier alpha value is -6.21. The third-order valence-corrected chi connectivity index (χ3v) is 11.3. The van der Waals surface area contributed by atoms with Crippen LogP contribution in [-0.2, 0) is 0 Å². The molecule has 11 rings (SSSR count). The maximum atomic E-state index is 6.40. The molecule has 0 radical (unpaired) electrons. The zero-order valence-electron chi connectivity index (χ0n) is 27.3. The summed E-state index contributed by atoms with van der Waals surface area (Å²) in [6.07, 6.45) is -0.372. The molecule has 3 aromatic heterocycles. The average molecular weight is 676 g/mol. The molecule has 0 spiro atoms. The lowest BCUT2D eigenvalue weighted by Crippen LogP contribution is -2.44. The fourth-order valence-corrected chi connectivity index (χ4v) is 8.83. The Morgan fingerprint density at radius 1 is 0.490 bits per heavy atom. The summed E-state index contributed by atoms with van der Waals surface area (Å²) in [5, 5.41) is 14.4. The van der Waals surface area contributed by atoms with Gasteiger partial charge in [0.1, 0.15) is 40.5 Å². The minimum absolute atomic E-state index is 0.130. The van der Waals surface area contributed by atoms with Crippen molar-refractivity contribution in [2.45, 2.75) is 12.3 Å². The van der Waals surface area contributed by atoms with E-state index in [-0.39, 0.29) is 12.3 Å². The minimum Gasteiger partial charge on any atom is -0.456 e. The number of aliphatic imine (C=N–C) groups is 1. The molecule has 1 aliphatic heterocycles. The normalized spacial score (nSPS) is 16.4. The molecule has 0 fully saturated rings. The molecule has 6 heteroatoms. The van der Waals surface area contributed by atoms with E-state index in [0.29, 0.717) is 0 Å². The summed E-state index contributed by atoms with van der Waals surface area (Å²) in [6.45, 7) is 0. The van der Waals surface area contributed by atoms with Crippen molar-refractivity contribution in [1.82, 2.24) is 10.6 Å². The van der Waals surface area contributed by atoms with Gasteiger partial charge < -0.3 is 14.2 Å². The topological polar surface area (TPSA) is 62.7 Å². The van der Waals surface area contributed by atoms with Crippen molar-refractivity contribution in [2.75, 3.05) is 0 Å². The zero-order valence-corrected chi connectivity index (χ0v) is 28.1. The molecule has 242 valence electrons. The van der Waals surface area contributed by atoms with E-state index in [1.165, 1.54) is 20.2 Å². The van der Waals surface area contributed by atoms with Gasteiger partial charge in [-0.1, -0.05) is 103 Å². The molecular formula is C45H29N3O2S. The fourth-order valence-electron chi connectivity index (χ4n) is 7.67. The van der Waals surface area contributed by atoms with Crippen LogP contribution in [0.3, 0.4) is 0 Å². The van der Waals surface area contributed by atoms with Crippen LogP contribution in [0, 0.1) is 0 Å². The number of fused-ring (bicyclic) bond motifs is 9. The van der Waals surface area contributed by atoms with E-state index < -0.39 is 0 Å². The largest absolute Gasteiger partial charge is 0.456 e. The van der Waals surface area contributed by atoms with E-state index in [1.54, 1.807) is 0 Å². The van der Waals surface area contributed by atoms with Gasteiger partial charge in [0.25, 0.3) is 0 Å². The van der Waals surface area contributed by atoms with E-state index in [2.05, 4.69) is 150 Å². The maximum Gasteiger partial charge on any atom is 0.143 e. The molecule has 0 aliphatic carbocycles. The molecule has 10 aromatic rings. The molecule has 0 saturated heterocycles. The number of benzene rings is 7. The summed E-state index contributed by atoms with van der Waals surface area (Å²) in [5.41, 5.74) is 8.91. The van der Waals surface area contributed by atoms with Gasteiger partial charge in [-0.25, -0.2) is 4.99 Å². The van der Waals surface area contributed by atoms with Crippen LogP contribution in [0.25, 0.3) is 75.2 Å². The lowest BCUT2D eigenvalue weighted by Gasteiger charge is -2.32. The number of para-hydroxylation sites is 2. The number of furan rings is 2. The second kappa shape index (κ2) is 11.2. The van der Waals surface area contributed by atoms with Gasteiger partial charge in [-0.15, -0.1) is 11.3 Å². The molecule has 2 atom stereocenters. The van der Waals surface area contributed by atoms with Gasteiger partial charge in [0.15, 0.2) is 0 Å². The fraction of sp³-hybridized carbons (Fsp3) is 0.0444. The van der Waals surface area contributed by atoms with Crippen molar-refractivity contribution < 1.29 is 8.83 Å². The molecule has 0 amide bonds. The third kappa shape index (κ3) is 4.61. The number of hydrogen-bond donors (Lipinski definition) is 2. The number of hydrogen-bond acceptors (Lipinski definition) is 6. The first kappa shape index (κ1) is 28.6. The first-order valence-electron chi connectivity index (χ1n) is 17.2. The minimum atomic E-state index is -0.242. The first-order chi connectivity index (χ1) is 25.2. The molecule has 5 nitrogen and oxygen atoms in total. The van der Waals surface area contributed by atoms with E-state index in [0.717, 1.165) is 77.5 Å². The molecule has 7 aromatic carbocycles. The van der Waals surface area contributed by atoms with Crippen LogP contribution in [0.15, 0.2) is 165 Å². The summed E-state index contributed by atoms with van der Waals surface area (Å²) in [5.74, 6) is 0.837. The van der Waals surface area contributed by atoms with Gasteiger partial charge in [-0.2, -0.15) is 0 Å². The van der Waals surface area contributed by atoms with Crippen LogP contribution in [0.5, 0.6) is 0 Å². The average Bonchev–Trinajstić information content (AvgIpc) is 3.88. The van der Waals surface area contributed by atoms with Crippen LogP contribution in [0.2, 0.25) is 0 Å². The Labute approximate surface area is 296 Å². The molecule has 1 aliphatic rings. The van der Waals surface area contributed by atoms with Gasteiger partial charge in [0.2, 0.25) is 0 Å². The predicted octanol–water partition coefficient (Wildman–Crippen LogP) is 11.9. The van der Waals surface area contributed by atoms with Crippen molar-refractivity contribution in [3.05, 3.63) is 168 Å². The Kier molecular flexibility index (Phi) is 6.26. The quantitative estimate of drug-likeness (QED) is 0.195. The van der Waals surface area contributed by atoms with Gasteiger partial charge in [-0.05, 0) is 65.2 Å². The Morgan fingerprint density at radius 2 is 1.20 bits per heavy atom. The molecule has 4 heterocycles. The Morgan fingerprint density at radius 3 is 2.08 bits per heavy atom. The molecule has 0 bridgehead atoms. The monoisotopic (exact) mass is 675 g/mol. The maximum absolute atomic E-state index is 6.40. The van der Waals surface area contributed by atoms with Crippen molar-refractivity contribution >= 4 is 81.2 Å². The van der Waals surface area contributed by atoms with E-state index in [9.17, 15) is 0 Å². The van der Waals surface area contributed by atoms with E-state index in [4.69, 9.17) is 13.8 Å². The molecule has 51 heavy (non-hydrogen) atoms. The molecule has 0 saturated carbocycles. The predicted molar refractivity (Wildman–Crippen MR) is 210 cm³/mol. The molecule has 2 N–H and O–H groups in total. The molecule has 2 unspecified atom stereocenters. The summed E-state index contributed by atoms with van der Waals surface area (Å²) in [6, 6.07) is 53.2. The highest BCUT2D eigenvalue weighted by Crippen LogP contribution is 2.40. The second-order valence-electron chi connectivity index (χ2n) is 13.2. The SMILES string of the molecule is c1ccc(C2NC(c3ccc4oc5ccc(-c6cccc7c6oc6ccccc67)cc5c4c3)=NC(c3ccc4c(c3)sc3ccccc34)N2)cc1. The standard InChI is InChI=1S/C45H29N3O2S/c1-2-9-26(10-3-1)43-46-44(48-45(47-43)29-17-20-33-32-12-5-7-16-40(32)51-41(33)25-29)28-19-22-39-36(24-28)35-23-27(18-21-38(35)49-39)30-13-8-14-34-31-11-4-6-15-37(31)50-42(30)34/h1-25,43,45,47H,(H,46,48). The van der Waals surface area contributed by atoms with Crippen LogP contribution in [0.1, 0.15) is 29.0 Å². The number of thiophene rings is 1. The number of nitrogens with zero attached hydrogens (tertiary/aromatic N) is 1. The second-order valence-corrected chi connectivity index (χ2v) is 14.3. The van der Waals surface area contributed by atoms with Gasteiger partial charge in [0.05, 0.1) is 0 Å².